The van der Waals surface area contributed by atoms with Crippen molar-refractivity contribution in [2.75, 3.05) is 0 Å². The third-order valence-corrected chi connectivity index (χ3v) is 5.29. The fourth-order valence-corrected chi connectivity index (χ4v) is 3.87. The second-order valence-corrected chi connectivity index (χ2v) is 6.64. The molecule has 0 aromatic rings. The Morgan fingerprint density at radius 3 is 2.59 bits per heavy atom. The largest absolute Gasteiger partial charge is 0.386 e. The predicted molar refractivity (Wildman–Crippen MR) is 80.6 cm³/mol. The highest BCUT2D eigenvalue weighted by atomic mass is 16.6. The predicted octanol–water partition coefficient (Wildman–Crippen LogP) is 2.24. The number of ether oxygens (including phenoxy) is 1. The normalized spacial score (nSPS) is 31.3. The zero-order valence-corrected chi connectivity index (χ0v) is 12.9. The Bertz CT molecular complexity index is 808. The number of carbonyl (C=O) groups excluding carboxylic acids is 2. The van der Waals surface area contributed by atoms with Crippen molar-refractivity contribution in [2.24, 2.45) is 10.4 Å². The van der Waals surface area contributed by atoms with Crippen LogP contribution in [0, 0.1) is 5.41 Å². The highest BCUT2D eigenvalue weighted by molar-refractivity contribution is 6.17. The van der Waals surface area contributed by atoms with Gasteiger partial charge in [-0.05, 0) is 31.6 Å². The minimum Gasteiger partial charge on any atom is -0.386 e. The summed E-state index contributed by atoms with van der Waals surface area (Å²) in [6.07, 6.45) is 7.73. The first kappa shape index (κ1) is 13.2. The van der Waals surface area contributed by atoms with Gasteiger partial charge in [-0.2, -0.15) is 0 Å². The molecule has 1 unspecified atom stereocenters. The number of esters is 2. The Labute approximate surface area is 128 Å². The summed E-state index contributed by atoms with van der Waals surface area (Å²) < 4.78 is 4.88. The SMILES string of the molecule is CC1=C2N3C=CC=CC3=NC2(C)C(C)(C)C2=C1C(=O)OC2=O. The minimum absolute atomic E-state index is 0.405. The molecular formula is C17H16N2O3. The number of rotatable bonds is 0. The van der Waals surface area contributed by atoms with Crippen LogP contribution >= 0.6 is 0 Å². The highest BCUT2D eigenvalue weighted by Gasteiger charge is 2.60. The van der Waals surface area contributed by atoms with Crippen LogP contribution in [0.4, 0.5) is 0 Å². The Kier molecular flexibility index (Phi) is 2.20. The second-order valence-electron chi connectivity index (χ2n) is 6.64. The van der Waals surface area contributed by atoms with Crippen LogP contribution in [0.1, 0.15) is 27.7 Å². The lowest BCUT2D eigenvalue weighted by Crippen LogP contribution is -2.47. The molecule has 1 atom stereocenters. The highest BCUT2D eigenvalue weighted by Crippen LogP contribution is 2.57. The minimum atomic E-state index is -0.633. The van der Waals surface area contributed by atoms with Crippen molar-refractivity contribution < 1.29 is 14.3 Å². The Balaban J connectivity index is 2.07. The number of nitrogens with zero attached hydrogens (tertiary/aromatic N) is 2. The van der Waals surface area contributed by atoms with Gasteiger partial charge >= 0.3 is 11.9 Å². The molecule has 0 amide bonds. The summed E-state index contributed by atoms with van der Waals surface area (Å²) in [7, 11) is 0. The van der Waals surface area contributed by atoms with Gasteiger partial charge in [-0.1, -0.05) is 19.9 Å². The van der Waals surface area contributed by atoms with E-state index < -0.39 is 22.9 Å². The summed E-state index contributed by atoms with van der Waals surface area (Å²) in [6, 6.07) is 0. The molecule has 0 spiro atoms. The van der Waals surface area contributed by atoms with E-state index in [-0.39, 0.29) is 0 Å². The smallest absolute Gasteiger partial charge is 0.346 e. The van der Waals surface area contributed by atoms with Crippen LogP contribution in [0.3, 0.4) is 0 Å². The van der Waals surface area contributed by atoms with E-state index >= 15 is 0 Å². The lowest BCUT2D eigenvalue weighted by Gasteiger charge is -2.44. The van der Waals surface area contributed by atoms with Crippen LogP contribution < -0.4 is 0 Å². The van der Waals surface area contributed by atoms with E-state index in [2.05, 4.69) is 0 Å². The Morgan fingerprint density at radius 1 is 1.14 bits per heavy atom. The molecule has 0 saturated carbocycles. The average Bonchev–Trinajstić information content (AvgIpc) is 2.92. The van der Waals surface area contributed by atoms with E-state index in [1.807, 2.05) is 57.0 Å². The lowest BCUT2D eigenvalue weighted by molar-refractivity contribution is -0.151. The molecule has 0 saturated heterocycles. The number of hydrogen-bond donors (Lipinski definition) is 0. The fraction of sp³-hybridized carbons (Fsp3) is 0.353. The van der Waals surface area contributed by atoms with Gasteiger partial charge in [-0.3, -0.25) is 4.99 Å². The number of aliphatic imine (C=N–C) groups is 1. The van der Waals surface area contributed by atoms with Crippen molar-refractivity contribution in [3.8, 4) is 0 Å². The summed E-state index contributed by atoms with van der Waals surface area (Å²) in [6.45, 7) is 7.77. The molecule has 5 heteroatoms. The molecule has 0 fully saturated rings. The number of amidine groups is 1. The molecular weight excluding hydrogens is 280 g/mol. The van der Waals surface area contributed by atoms with E-state index in [1.54, 1.807) is 0 Å². The van der Waals surface area contributed by atoms with Gasteiger partial charge in [0.05, 0.1) is 16.8 Å². The van der Waals surface area contributed by atoms with Crippen LogP contribution in [0.5, 0.6) is 0 Å². The fourth-order valence-electron chi connectivity index (χ4n) is 3.87. The van der Waals surface area contributed by atoms with Crippen LogP contribution in [0.15, 0.2) is 51.8 Å². The van der Waals surface area contributed by atoms with Crippen molar-refractivity contribution in [3.05, 3.63) is 46.8 Å². The first-order valence-electron chi connectivity index (χ1n) is 7.26. The third kappa shape index (κ3) is 1.23. The monoisotopic (exact) mass is 296 g/mol. The molecule has 3 aliphatic heterocycles. The molecule has 4 rings (SSSR count). The van der Waals surface area contributed by atoms with Gasteiger partial charge in [0.15, 0.2) is 0 Å². The number of allylic oxidation sites excluding steroid dienone is 2. The van der Waals surface area contributed by atoms with Crippen LogP contribution in [0.2, 0.25) is 0 Å². The zero-order valence-electron chi connectivity index (χ0n) is 12.9. The summed E-state index contributed by atoms with van der Waals surface area (Å²) >= 11 is 0. The number of cyclic esters (lactones) is 2. The van der Waals surface area contributed by atoms with Gasteiger partial charge in [0, 0.05) is 11.6 Å². The van der Waals surface area contributed by atoms with Gasteiger partial charge in [-0.15, -0.1) is 0 Å². The van der Waals surface area contributed by atoms with Gasteiger partial charge in [-0.25, -0.2) is 9.59 Å². The molecule has 5 nitrogen and oxygen atoms in total. The van der Waals surface area contributed by atoms with E-state index in [0.717, 1.165) is 17.1 Å². The Hall–Kier alpha value is -2.43. The Morgan fingerprint density at radius 2 is 1.86 bits per heavy atom. The quantitative estimate of drug-likeness (QED) is 0.508. The van der Waals surface area contributed by atoms with Gasteiger partial charge in [0.2, 0.25) is 0 Å². The number of hydrogen-bond acceptors (Lipinski definition) is 5. The lowest BCUT2D eigenvalue weighted by atomic mass is 9.61. The molecule has 0 N–H and O–H groups in total. The summed E-state index contributed by atoms with van der Waals surface area (Å²) in [4.78, 5) is 31.2. The average molecular weight is 296 g/mol. The first-order valence-corrected chi connectivity index (χ1v) is 7.26. The van der Waals surface area contributed by atoms with Crippen LogP contribution in [-0.4, -0.2) is 28.2 Å². The molecule has 0 bridgehead atoms. The van der Waals surface area contributed by atoms with Gasteiger partial charge in [0.1, 0.15) is 11.4 Å². The van der Waals surface area contributed by atoms with E-state index in [4.69, 9.17) is 9.73 Å². The summed E-state index contributed by atoms with van der Waals surface area (Å²) in [5.74, 6) is -0.264. The van der Waals surface area contributed by atoms with Gasteiger partial charge < -0.3 is 9.64 Å². The van der Waals surface area contributed by atoms with E-state index in [1.165, 1.54) is 0 Å². The second kappa shape index (κ2) is 3.66. The topological polar surface area (TPSA) is 59.0 Å². The maximum atomic E-state index is 12.2. The number of fused-ring (bicyclic) bond motifs is 3. The van der Waals surface area contributed by atoms with Gasteiger partial charge in [0.25, 0.3) is 0 Å². The molecule has 0 aromatic carbocycles. The van der Waals surface area contributed by atoms with Crippen molar-refractivity contribution in [1.29, 1.82) is 0 Å². The van der Waals surface area contributed by atoms with Crippen molar-refractivity contribution >= 4 is 17.8 Å². The first-order chi connectivity index (χ1) is 10.3. The maximum Gasteiger partial charge on any atom is 0.346 e. The maximum absolute atomic E-state index is 12.2. The molecule has 3 heterocycles. The van der Waals surface area contributed by atoms with Crippen molar-refractivity contribution in [1.82, 2.24) is 4.90 Å². The number of carbonyl (C=O) groups is 2. The third-order valence-electron chi connectivity index (χ3n) is 5.29. The molecule has 4 aliphatic rings. The van der Waals surface area contributed by atoms with E-state index in [0.29, 0.717) is 11.1 Å². The molecule has 112 valence electrons. The molecule has 22 heavy (non-hydrogen) atoms. The zero-order chi connectivity index (χ0) is 15.9. The van der Waals surface area contributed by atoms with Crippen LogP contribution in [-0.2, 0) is 14.3 Å². The van der Waals surface area contributed by atoms with Crippen LogP contribution in [0.25, 0.3) is 0 Å². The van der Waals surface area contributed by atoms with Crippen molar-refractivity contribution in [3.63, 3.8) is 0 Å². The molecule has 1 aliphatic carbocycles. The molecule has 0 radical (unpaired) electrons. The molecule has 0 aromatic heterocycles. The standard InChI is InChI=1S/C17H16N2O3/c1-9-11-12(15(21)22-14(11)20)16(2,3)17(4)13(9)19-8-6-5-7-10(19)18-17/h5-8H,1-4H3. The van der Waals surface area contributed by atoms with Crippen molar-refractivity contribution in [2.45, 2.75) is 33.2 Å². The summed E-state index contributed by atoms with van der Waals surface area (Å²) in [5, 5.41) is 0. The summed E-state index contributed by atoms with van der Waals surface area (Å²) in [5.41, 5.74) is 1.31. The van der Waals surface area contributed by atoms with E-state index in [9.17, 15) is 9.59 Å².